The van der Waals surface area contributed by atoms with Gasteiger partial charge in [-0.15, -0.1) is 0 Å². The van der Waals surface area contributed by atoms with Crippen LogP contribution in [0.15, 0.2) is 18.3 Å². The van der Waals surface area contributed by atoms with Gasteiger partial charge in [0.2, 0.25) is 0 Å². The fourth-order valence-electron chi connectivity index (χ4n) is 1.83. The molecule has 1 aromatic rings. The molecule has 0 bridgehead atoms. The second kappa shape index (κ2) is 5.47. The van der Waals surface area contributed by atoms with Crippen molar-refractivity contribution in [3.05, 3.63) is 29.0 Å². The number of halogens is 1. The van der Waals surface area contributed by atoms with Gasteiger partial charge in [0.05, 0.1) is 12.7 Å². The van der Waals surface area contributed by atoms with Crippen LogP contribution in [0.5, 0.6) is 0 Å². The lowest BCUT2D eigenvalue weighted by molar-refractivity contribution is -0.0228. The summed E-state index contributed by atoms with van der Waals surface area (Å²) in [4.78, 5) is 18.0. The molecular formula is C12H15ClN2O2. The third-order valence-electron chi connectivity index (χ3n) is 2.82. The Balaban J connectivity index is 2.09. The molecule has 4 nitrogen and oxygen atoms in total. The van der Waals surface area contributed by atoms with E-state index >= 15 is 0 Å². The molecule has 2 heterocycles. The van der Waals surface area contributed by atoms with Crippen LogP contribution in [0.4, 0.5) is 0 Å². The normalized spacial score (nSPS) is 20.4. The third-order valence-corrected chi connectivity index (χ3v) is 3.06. The summed E-state index contributed by atoms with van der Waals surface area (Å²) in [5.41, 5.74) is 0.397. The Morgan fingerprint density at radius 3 is 3.24 bits per heavy atom. The molecule has 0 spiro atoms. The Kier molecular flexibility index (Phi) is 3.97. The van der Waals surface area contributed by atoms with Crippen LogP contribution < -0.4 is 0 Å². The van der Waals surface area contributed by atoms with Crippen molar-refractivity contribution in [1.29, 1.82) is 0 Å². The maximum atomic E-state index is 12.2. The van der Waals surface area contributed by atoms with Gasteiger partial charge in [0.1, 0.15) is 5.69 Å². The van der Waals surface area contributed by atoms with Crippen LogP contribution in [0.2, 0.25) is 5.02 Å². The molecule has 1 fully saturated rings. The zero-order valence-corrected chi connectivity index (χ0v) is 10.5. The lowest BCUT2D eigenvalue weighted by Crippen LogP contribution is -2.45. The fraction of sp³-hybridized carbons (Fsp3) is 0.500. The maximum Gasteiger partial charge on any atom is 0.272 e. The second-order valence-electron chi connectivity index (χ2n) is 4.01. The highest BCUT2D eigenvalue weighted by molar-refractivity contribution is 6.30. The number of carbonyl (C=O) groups excluding carboxylic acids is 1. The Hall–Kier alpha value is -1.13. The van der Waals surface area contributed by atoms with Crippen molar-refractivity contribution in [3.8, 4) is 0 Å². The molecule has 1 unspecified atom stereocenters. The monoisotopic (exact) mass is 254 g/mol. The summed E-state index contributed by atoms with van der Waals surface area (Å²) >= 11 is 5.85. The van der Waals surface area contributed by atoms with Crippen LogP contribution in [-0.2, 0) is 4.74 Å². The van der Waals surface area contributed by atoms with Crippen molar-refractivity contribution >= 4 is 17.5 Å². The molecule has 1 aliphatic heterocycles. The first kappa shape index (κ1) is 12.3. The molecule has 1 atom stereocenters. The highest BCUT2D eigenvalue weighted by Crippen LogP contribution is 2.14. The molecule has 1 amide bonds. The quantitative estimate of drug-likeness (QED) is 0.811. The van der Waals surface area contributed by atoms with Crippen LogP contribution in [0.3, 0.4) is 0 Å². The summed E-state index contributed by atoms with van der Waals surface area (Å²) in [6.45, 7) is 3.88. The number of hydrogen-bond donors (Lipinski definition) is 0. The maximum absolute atomic E-state index is 12.2. The SMILES string of the molecule is CCC1CN(C(=O)c2cc(Cl)ccn2)CCO1. The van der Waals surface area contributed by atoms with E-state index < -0.39 is 0 Å². The summed E-state index contributed by atoms with van der Waals surface area (Å²) in [6.07, 6.45) is 2.59. The Morgan fingerprint density at radius 1 is 1.71 bits per heavy atom. The number of pyridine rings is 1. The molecule has 5 heteroatoms. The lowest BCUT2D eigenvalue weighted by Gasteiger charge is -2.32. The molecule has 0 radical (unpaired) electrons. The van der Waals surface area contributed by atoms with Crippen molar-refractivity contribution < 1.29 is 9.53 Å². The van der Waals surface area contributed by atoms with E-state index in [-0.39, 0.29) is 12.0 Å². The number of morpholine rings is 1. The Labute approximate surface area is 106 Å². The van der Waals surface area contributed by atoms with Crippen LogP contribution in [0.25, 0.3) is 0 Å². The van der Waals surface area contributed by atoms with Crippen LogP contribution >= 0.6 is 11.6 Å². The van der Waals surface area contributed by atoms with Crippen molar-refractivity contribution in [1.82, 2.24) is 9.88 Å². The standard InChI is InChI=1S/C12H15ClN2O2/c1-2-10-8-15(5-6-17-10)12(16)11-7-9(13)3-4-14-11/h3-4,7,10H,2,5-6,8H2,1H3. The lowest BCUT2D eigenvalue weighted by atomic mass is 10.2. The van der Waals surface area contributed by atoms with Gasteiger partial charge in [0, 0.05) is 24.3 Å². The van der Waals surface area contributed by atoms with E-state index in [1.54, 1.807) is 23.2 Å². The minimum absolute atomic E-state index is 0.0748. The number of ether oxygens (including phenoxy) is 1. The van der Waals surface area contributed by atoms with Gasteiger partial charge in [-0.1, -0.05) is 18.5 Å². The predicted molar refractivity (Wildman–Crippen MR) is 65.2 cm³/mol. The Bertz CT molecular complexity index is 411. The van der Waals surface area contributed by atoms with E-state index in [4.69, 9.17) is 16.3 Å². The minimum Gasteiger partial charge on any atom is -0.375 e. The highest BCUT2D eigenvalue weighted by atomic mass is 35.5. The largest absolute Gasteiger partial charge is 0.375 e. The van der Waals surface area contributed by atoms with Gasteiger partial charge in [0.25, 0.3) is 5.91 Å². The first-order valence-electron chi connectivity index (χ1n) is 5.73. The fourth-order valence-corrected chi connectivity index (χ4v) is 1.99. The number of aromatic nitrogens is 1. The number of hydrogen-bond acceptors (Lipinski definition) is 3. The van der Waals surface area contributed by atoms with Gasteiger partial charge >= 0.3 is 0 Å². The number of nitrogens with zero attached hydrogens (tertiary/aromatic N) is 2. The molecular weight excluding hydrogens is 240 g/mol. The summed E-state index contributed by atoms with van der Waals surface area (Å²) in [6, 6.07) is 3.26. The zero-order valence-electron chi connectivity index (χ0n) is 9.73. The van der Waals surface area contributed by atoms with Crippen molar-refractivity contribution in [2.24, 2.45) is 0 Å². The summed E-state index contributed by atoms with van der Waals surface area (Å²) in [7, 11) is 0. The molecule has 1 aliphatic rings. The molecule has 0 saturated carbocycles. The number of carbonyl (C=O) groups is 1. The zero-order chi connectivity index (χ0) is 12.3. The van der Waals surface area contributed by atoms with Crippen molar-refractivity contribution in [3.63, 3.8) is 0 Å². The molecule has 0 aromatic carbocycles. The average molecular weight is 255 g/mol. The predicted octanol–water partition coefficient (Wildman–Crippen LogP) is 1.99. The summed E-state index contributed by atoms with van der Waals surface area (Å²) in [5.74, 6) is -0.0748. The smallest absolute Gasteiger partial charge is 0.272 e. The van der Waals surface area contributed by atoms with E-state index in [0.29, 0.717) is 30.4 Å². The molecule has 17 heavy (non-hydrogen) atoms. The van der Waals surface area contributed by atoms with Gasteiger partial charge in [-0.05, 0) is 18.6 Å². The van der Waals surface area contributed by atoms with Crippen LogP contribution in [-0.4, -0.2) is 41.6 Å². The first-order chi connectivity index (χ1) is 8.20. The van der Waals surface area contributed by atoms with E-state index in [1.807, 2.05) is 0 Å². The molecule has 0 aliphatic carbocycles. The van der Waals surface area contributed by atoms with E-state index in [9.17, 15) is 4.79 Å². The van der Waals surface area contributed by atoms with Gasteiger partial charge < -0.3 is 9.64 Å². The van der Waals surface area contributed by atoms with Gasteiger partial charge in [-0.2, -0.15) is 0 Å². The molecule has 1 saturated heterocycles. The highest BCUT2D eigenvalue weighted by Gasteiger charge is 2.24. The van der Waals surface area contributed by atoms with E-state index in [1.165, 1.54) is 0 Å². The summed E-state index contributed by atoms with van der Waals surface area (Å²) < 4.78 is 5.53. The third kappa shape index (κ3) is 2.96. The van der Waals surface area contributed by atoms with Gasteiger partial charge in [-0.3, -0.25) is 9.78 Å². The molecule has 0 N–H and O–H groups in total. The second-order valence-corrected chi connectivity index (χ2v) is 4.45. The number of rotatable bonds is 2. The summed E-state index contributed by atoms with van der Waals surface area (Å²) in [5, 5.41) is 0.531. The first-order valence-corrected chi connectivity index (χ1v) is 6.11. The topological polar surface area (TPSA) is 42.4 Å². The number of amides is 1. The van der Waals surface area contributed by atoms with Crippen molar-refractivity contribution in [2.45, 2.75) is 19.4 Å². The van der Waals surface area contributed by atoms with Crippen LogP contribution in [0, 0.1) is 0 Å². The average Bonchev–Trinajstić information content (AvgIpc) is 2.38. The van der Waals surface area contributed by atoms with E-state index in [2.05, 4.69) is 11.9 Å². The molecule has 92 valence electrons. The Morgan fingerprint density at radius 2 is 2.53 bits per heavy atom. The van der Waals surface area contributed by atoms with Crippen LogP contribution in [0.1, 0.15) is 23.8 Å². The van der Waals surface area contributed by atoms with E-state index in [0.717, 1.165) is 6.42 Å². The molecule has 2 rings (SSSR count). The minimum atomic E-state index is -0.0748. The molecule has 1 aromatic heterocycles. The van der Waals surface area contributed by atoms with Gasteiger partial charge in [0.15, 0.2) is 0 Å². The van der Waals surface area contributed by atoms with Gasteiger partial charge in [-0.25, -0.2) is 0 Å². The van der Waals surface area contributed by atoms with Crippen molar-refractivity contribution in [2.75, 3.05) is 19.7 Å².